The minimum atomic E-state index is -0.688. The molecule has 1 fully saturated rings. The predicted molar refractivity (Wildman–Crippen MR) is 109 cm³/mol. The highest BCUT2D eigenvalue weighted by molar-refractivity contribution is 6.24. The fraction of sp³-hybridized carbons (Fsp3) is 0.565. The molecular weight excluding hydrogens is 354 g/mol. The van der Waals surface area contributed by atoms with E-state index in [4.69, 9.17) is 9.47 Å². The zero-order chi connectivity index (χ0) is 20.8. The fourth-order valence-electron chi connectivity index (χ4n) is 4.35. The topological polar surface area (TPSA) is 64.6 Å². The Hall–Kier alpha value is -2.14. The van der Waals surface area contributed by atoms with Crippen LogP contribution in [0.5, 0.6) is 0 Å². The van der Waals surface area contributed by atoms with Crippen LogP contribution in [0.1, 0.15) is 61.4 Å². The van der Waals surface area contributed by atoms with Gasteiger partial charge in [-0.25, -0.2) is 0 Å². The van der Waals surface area contributed by atoms with Crippen LogP contribution in [0.25, 0.3) is 5.57 Å². The number of carbonyl (C=O) groups excluding carboxylic acids is 2. The number of nitrogens with one attached hydrogen (secondary N) is 1. The van der Waals surface area contributed by atoms with Gasteiger partial charge >= 0.3 is 5.97 Å². The van der Waals surface area contributed by atoms with Crippen LogP contribution in [-0.2, 0) is 19.1 Å². The third-order valence-electron chi connectivity index (χ3n) is 6.09. The minimum Gasteiger partial charge on any atom is -0.427 e. The average molecular weight is 386 g/mol. The molecule has 0 aliphatic carbocycles. The zero-order valence-electron chi connectivity index (χ0n) is 18.0. The predicted octanol–water partition coefficient (Wildman–Crippen LogP) is 3.90. The second kappa shape index (κ2) is 7.36. The Kier molecular flexibility index (Phi) is 5.41. The first-order chi connectivity index (χ1) is 13.1. The molecule has 0 radical (unpaired) electrons. The van der Waals surface area contributed by atoms with E-state index in [1.807, 2.05) is 20.8 Å². The standard InChI is InChI=1S/C23H31NO4/c1-12(2)22(26)28-20-19(18-14(4)10-13(3)16(6)17(18)7)21(25)24-23(20)8-9-27-15(5)11-23/h10,12,15H,8-9,11H2,1-7H3,(H,24,25). The second-order valence-electron chi connectivity index (χ2n) is 8.59. The lowest BCUT2D eigenvalue weighted by atomic mass is 9.83. The van der Waals surface area contributed by atoms with Crippen LogP contribution in [0.2, 0.25) is 0 Å². The van der Waals surface area contributed by atoms with Gasteiger partial charge in [0.15, 0.2) is 0 Å². The van der Waals surface area contributed by atoms with E-state index in [1.165, 1.54) is 5.56 Å². The summed E-state index contributed by atoms with van der Waals surface area (Å²) in [6.45, 7) is 14.3. The van der Waals surface area contributed by atoms with Crippen molar-refractivity contribution < 1.29 is 19.1 Å². The third-order valence-corrected chi connectivity index (χ3v) is 6.09. The van der Waals surface area contributed by atoms with Crippen molar-refractivity contribution >= 4 is 17.4 Å². The molecule has 2 atom stereocenters. The molecule has 0 bridgehead atoms. The van der Waals surface area contributed by atoms with Crippen molar-refractivity contribution in [1.82, 2.24) is 5.32 Å². The number of amides is 1. The van der Waals surface area contributed by atoms with Gasteiger partial charge in [0.05, 0.1) is 17.6 Å². The zero-order valence-corrected chi connectivity index (χ0v) is 18.0. The highest BCUT2D eigenvalue weighted by Crippen LogP contribution is 2.44. The summed E-state index contributed by atoms with van der Waals surface area (Å²) in [6, 6.07) is 2.09. The molecule has 2 unspecified atom stereocenters. The summed E-state index contributed by atoms with van der Waals surface area (Å²) in [5.74, 6) is -0.293. The number of esters is 1. The summed E-state index contributed by atoms with van der Waals surface area (Å²) in [7, 11) is 0. The molecule has 5 heteroatoms. The summed E-state index contributed by atoms with van der Waals surface area (Å²) in [5, 5.41) is 3.16. The first-order valence-electron chi connectivity index (χ1n) is 10.1. The van der Waals surface area contributed by atoms with Gasteiger partial charge < -0.3 is 14.8 Å². The fourth-order valence-corrected chi connectivity index (χ4v) is 4.35. The van der Waals surface area contributed by atoms with Gasteiger partial charge in [-0.1, -0.05) is 19.9 Å². The number of aryl methyl sites for hydroxylation is 2. The van der Waals surface area contributed by atoms with Gasteiger partial charge in [-0.3, -0.25) is 9.59 Å². The van der Waals surface area contributed by atoms with Crippen LogP contribution in [0, 0.1) is 33.6 Å². The van der Waals surface area contributed by atoms with Gasteiger partial charge in [0.25, 0.3) is 5.91 Å². The summed E-state index contributed by atoms with van der Waals surface area (Å²) in [5.41, 5.74) is 5.10. The molecule has 2 aliphatic rings. The summed E-state index contributed by atoms with van der Waals surface area (Å²) >= 11 is 0. The first kappa shape index (κ1) is 20.6. The molecule has 152 valence electrons. The van der Waals surface area contributed by atoms with Crippen molar-refractivity contribution in [2.75, 3.05) is 6.61 Å². The van der Waals surface area contributed by atoms with Crippen molar-refractivity contribution in [1.29, 1.82) is 0 Å². The van der Waals surface area contributed by atoms with E-state index in [-0.39, 0.29) is 23.9 Å². The Bertz CT molecular complexity index is 868. The Morgan fingerprint density at radius 1 is 1.21 bits per heavy atom. The molecular formula is C23H31NO4. The first-order valence-corrected chi connectivity index (χ1v) is 10.1. The van der Waals surface area contributed by atoms with E-state index in [0.717, 1.165) is 22.3 Å². The summed E-state index contributed by atoms with van der Waals surface area (Å²) < 4.78 is 11.6. The number of benzene rings is 1. The largest absolute Gasteiger partial charge is 0.427 e. The highest BCUT2D eigenvalue weighted by Gasteiger charge is 2.51. The highest BCUT2D eigenvalue weighted by atomic mass is 16.5. The van der Waals surface area contributed by atoms with E-state index in [0.29, 0.717) is 30.8 Å². The van der Waals surface area contributed by atoms with Crippen LogP contribution >= 0.6 is 0 Å². The molecule has 5 nitrogen and oxygen atoms in total. The molecule has 1 aromatic carbocycles. The van der Waals surface area contributed by atoms with Crippen LogP contribution in [-0.4, -0.2) is 30.1 Å². The lowest BCUT2D eigenvalue weighted by Crippen LogP contribution is -2.51. The molecule has 1 N–H and O–H groups in total. The van der Waals surface area contributed by atoms with Crippen LogP contribution < -0.4 is 5.32 Å². The summed E-state index contributed by atoms with van der Waals surface area (Å²) in [6.07, 6.45) is 1.16. The molecule has 1 aromatic rings. The Labute approximate surface area is 167 Å². The van der Waals surface area contributed by atoms with Crippen molar-refractivity contribution in [2.45, 2.75) is 73.0 Å². The Morgan fingerprint density at radius 2 is 1.89 bits per heavy atom. The van der Waals surface area contributed by atoms with E-state index >= 15 is 0 Å². The maximum atomic E-state index is 13.2. The molecule has 1 saturated heterocycles. The third kappa shape index (κ3) is 3.37. The van der Waals surface area contributed by atoms with Crippen molar-refractivity contribution in [3.8, 4) is 0 Å². The van der Waals surface area contributed by atoms with Crippen molar-refractivity contribution in [3.63, 3.8) is 0 Å². The van der Waals surface area contributed by atoms with E-state index in [2.05, 4.69) is 25.2 Å². The number of ether oxygens (including phenoxy) is 2. The lowest BCUT2D eigenvalue weighted by Gasteiger charge is -2.38. The Balaban J connectivity index is 2.25. The molecule has 2 heterocycles. The van der Waals surface area contributed by atoms with Gasteiger partial charge in [0.2, 0.25) is 0 Å². The summed E-state index contributed by atoms with van der Waals surface area (Å²) in [4.78, 5) is 25.8. The molecule has 2 aliphatic heterocycles. The van der Waals surface area contributed by atoms with E-state index in [1.54, 1.807) is 13.8 Å². The maximum Gasteiger partial charge on any atom is 0.313 e. The quantitative estimate of drug-likeness (QED) is 0.802. The van der Waals surface area contributed by atoms with Gasteiger partial charge in [-0.2, -0.15) is 0 Å². The van der Waals surface area contributed by atoms with Crippen LogP contribution in [0.4, 0.5) is 0 Å². The number of rotatable bonds is 3. The van der Waals surface area contributed by atoms with Gasteiger partial charge in [0.1, 0.15) is 11.3 Å². The average Bonchev–Trinajstić information content (AvgIpc) is 2.84. The molecule has 1 spiro atoms. The Morgan fingerprint density at radius 3 is 2.50 bits per heavy atom. The van der Waals surface area contributed by atoms with Crippen molar-refractivity contribution in [2.24, 2.45) is 5.92 Å². The number of hydrogen-bond donors (Lipinski definition) is 1. The normalized spacial score (nSPS) is 24.9. The van der Waals surface area contributed by atoms with Crippen LogP contribution in [0.15, 0.2) is 11.8 Å². The molecule has 1 amide bonds. The van der Waals surface area contributed by atoms with Gasteiger partial charge in [-0.05, 0) is 62.4 Å². The lowest BCUT2D eigenvalue weighted by molar-refractivity contribution is -0.145. The van der Waals surface area contributed by atoms with Gasteiger partial charge in [0, 0.05) is 19.4 Å². The molecule has 0 aromatic heterocycles. The SMILES string of the molecule is Cc1cc(C)c(C2=C(OC(=O)C(C)C)C3(CCOC(C)C3)NC2=O)c(C)c1C. The maximum absolute atomic E-state index is 13.2. The second-order valence-corrected chi connectivity index (χ2v) is 8.59. The molecule has 3 rings (SSSR count). The van der Waals surface area contributed by atoms with Crippen molar-refractivity contribution in [3.05, 3.63) is 39.6 Å². The van der Waals surface area contributed by atoms with E-state index < -0.39 is 5.54 Å². The van der Waals surface area contributed by atoms with Gasteiger partial charge in [-0.15, -0.1) is 0 Å². The minimum absolute atomic E-state index is 0.0249. The van der Waals surface area contributed by atoms with E-state index in [9.17, 15) is 9.59 Å². The number of hydrogen-bond acceptors (Lipinski definition) is 4. The monoisotopic (exact) mass is 385 g/mol. The molecule has 28 heavy (non-hydrogen) atoms. The van der Waals surface area contributed by atoms with Crippen LogP contribution in [0.3, 0.4) is 0 Å². The number of carbonyl (C=O) groups is 2. The molecule has 0 saturated carbocycles. The smallest absolute Gasteiger partial charge is 0.313 e.